The van der Waals surface area contributed by atoms with Gasteiger partial charge in [-0.05, 0) is 43.7 Å². The van der Waals surface area contributed by atoms with Gasteiger partial charge in [0.15, 0.2) is 0 Å². The zero-order valence-corrected chi connectivity index (χ0v) is 15.5. The molecule has 138 valence electrons. The summed E-state index contributed by atoms with van der Waals surface area (Å²) < 4.78 is 14.9. The van der Waals surface area contributed by atoms with Crippen LogP contribution in [0.1, 0.15) is 11.3 Å². The van der Waals surface area contributed by atoms with E-state index in [1.807, 2.05) is 0 Å². The fraction of sp³-hybridized carbons (Fsp3) is 0.150. The maximum atomic E-state index is 13.7. The fourth-order valence-electron chi connectivity index (χ4n) is 2.64. The van der Waals surface area contributed by atoms with Gasteiger partial charge in [0.2, 0.25) is 5.91 Å². The number of hydrogen-bond donors (Lipinski definition) is 1. The second-order valence-corrected chi connectivity index (χ2v) is 6.60. The van der Waals surface area contributed by atoms with Gasteiger partial charge in [-0.2, -0.15) is 0 Å². The summed E-state index contributed by atoms with van der Waals surface area (Å²) in [5, 5.41) is 3.09. The standard InChI is InChI=1S/C20H17ClFN3O2/c1-12-6-7-16(10-17(12)22)24-18(26)11-25-19(27)8-13(2)23-20(25)14-4-3-5-15(21)9-14/h3-10H,11H2,1-2H3,(H,24,26). The summed E-state index contributed by atoms with van der Waals surface area (Å²) in [6, 6.07) is 12.7. The van der Waals surface area contributed by atoms with E-state index in [4.69, 9.17) is 11.6 Å². The molecule has 1 N–H and O–H groups in total. The van der Waals surface area contributed by atoms with Gasteiger partial charge in [-0.15, -0.1) is 0 Å². The fourth-order valence-corrected chi connectivity index (χ4v) is 2.83. The number of carbonyl (C=O) groups is 1. The van der Waals surface area contributed by atoms with E-state index in [0.717, 1.165) is 0 Å². The third-order valence-electron chi connectivity index (χ3n) is 3.98. The van der Waals surface area contributed by atoms with E-state index < -0.39 is 11.7 Å². The first kappa shape index (κ1) is 18.8. The number of hydrogen-bond acceptors (Lipinski definition) is 3. The SMILES string of the molecule is Cc1cc(=O)n(CC(=O)Nc2ccc(C)c(F)c2)c(-c2cccc(Cl)c2)n1. The number of rotatable bonds is 4. The zero-order valence-electron chi connectivity index (χ0n) is 14.8. The number of carbonyl (C=O) groups excluding carboxylic acids is 1. The second kappa shape index (κ2) is 7.72. The van der Waals surface area contributed by atoms with Crippen LogP contribution in [0.5, 0.6) is 0 Å². The Morgan fingerprint density at radius 2 is 1.96 bits per heavy atom. The molecule has 7 heteroatoms. The van der Waals surface area contributed by atoms with E-state index in [2.05, 4.69) is 10.3 Å². The summed E-state index contributed by atoms with van der Waals surface area (Å²) in [7, 11) is 0. The molecule has 1 heterocycles. The van der Waals surface area contributed by atoms with Crippen molar-refractivity contribution in [1.29, 1.82) is 0 Å². The molecule has 0 unspecified atom stereocenters. The van der Waals surface area contributed by atoms with Crippen LogP contribution in [0, 0.1) is 19.7 Å². The average Bonchev–Trinajstić information content (AvgIpc) is 2.60. The molecule has 0 saturated carbocycles. The van der Waals surface area contributed by atoms with E-state index in [0.29, 0.717) is 33.4 Å². The number of nitrogens with one attached hydrogen (secondary N) is 1. The van der Waals surface area contributed by atoms with Crippen molar-refractivity contribution in [1.82, 2.24) is 9.55 Å². The number of aryl methyl sites for hydroxylation is 2. The minimum absolute atomic E-state index is 0.260. The summed E-state index contributed by atoms with van der Waals surface area (Å²) in [6.07, 6.45) is 0. The normalized spacial score (nSPS) is 10.7. The molecule has 0 atom stereocenters. The Bertz CT molecular complexity index is 1080. The number of anilines is 1. The lowest BCUT2D eigenvalue weighted by Crippen LogP contribution is -2.29. The Morgan fingerprint density at radius 3 is 2.67 bits per heavy atom. The van der Waals surface area contributed by atoms with Gasteiger partial charge in [0.05, 0.1) is 0 Å². The van der Waals surface area contributed by atoms with Crippen LogP contribution >= 0.6 is 11.6 Å². The Morgan fingerprint density at radius 1 is 1.19 bits per heavy atom. The topological polar surface area (TPSA) is 64.0 Å². The molecular weight excluding hydrogens is 369 g/mol. The summed E-state index contributed by atoms with van der Waals surface area (Å²) in [4.78, 5) is 29.3. The monoisotopic (exact) mass is 385 g/mol. The highest BCUT2D eigenvalue weighted by Crippen LogP contribution is 2.21. The van der Waals surface area contributed by atoms with Crippen LogP contribution < -0.4 is 10.9 Å². The third-order valence-corrected chi connectivity index (χ3v) is 4.21. The number of aromatic nitrogens is 2. The minimum atomic E-state index is -0.464. The third kappa shape index (κ3) is 4.41. The lowest BCUT2D eigenvalue weighted by molar-refractivity contribution is -0.116. The minimum Gasteiger partial charge on any atom is -0.324 e. The predicted octanol–water partition coefficient (Wildman–Crippen LogP) is 3.96. The molecule has 0 fully saturated rings. The number of amides is 1. The molecule has 3 aromatic rings. The first-order chi connectivity index (χ1) is 12.8. The van der Waals surface area contributed by atoms with Crippen molar-refractivity contribution in [3.05, 3.63) is 81.0 Å². The van der Waals surface area contributed by atoms with Gasteiger partial charge < -0.3 is 5.32 Å². The molecule has 0 aliphatic rings. The summed E-state index contributed by atoms with van der Waals surface area (Å²) in [6.45, 7) is 3.08. The van der Waals surface area contributed by atoms with E-state index in [9.17, 15) is 14.0 Å². The quantitative estimate of drug-likeness (QED) is 0.739. The van der Waals surface area contributed by atoms with Crippen LogP contribution in [-0.2, 0) is 11.3 Å². The predicted molar refractivity (Wildman–Crippen MR) is 103 cm³/mol. The Kier molecular flexibility index (Phi) is 5.37. The van der Waals surface area contributed by atoms with E-state index in [1.165, 1.54) is 16.7 Å². The maximum absolute atomic E-state index is 13.7. The smallest absolute Gasteiger partial charge is 0.254 e. The van der Waals surface area contributed by atoms with Crippen molar-refractivity contribution in [3.8, 4) is 11.4 Å². The highest BCUT2D eigenvalue weighted by atomic mass is 35.5. The van der Waals surface area contributed by atoms with Crippen LogP contribution in [0.15, 0.2) is 53.3 Å². The lowest BCUT2D eigenvalue weighted by atomic mass is 10.2. The molecular formula is C20H17ClFN3O2. The first-order valence-corrected chi connectivity index (χ1v) is 8.62. The molecule has 5 nitrogen and oxygen atoms in total. The molecule has 1 amide bonds. The molecule has 0 spiro atoms. The Labute approximate surface area is 160 Å². The highest BCUT2D eigenvalue weighted by molar-refractivity contribution is 6.30. The highest BCUT2D eigenvalue weighted by Gasteiger charge is 2.14. The summed E-state index contributed by atoms with van der Waals surface area (Å²) in [5.41, 5.74) is 1.60. The molecule has 27 heavy (non-hydrogen) atoms. The molecule has 0 aliphatic carbocycles. The van der Waals surface area contributed by atoms with Crippen LogP contribution in [-0.4, -0.2) is 15.5 Å². The van der Waals surface area contributed by atoms with Crippen molar-refractivity contribution in [3.63, 3.8) is 0 Å². The van der Waals surface area contributed by atoms with Gasteiger partial charge in [0, 0.05) is 28.0 Å². The summed E-state index contributed by atoms with van der Waals surface area (Å²) in [5.74, 6) is -0.538. The van der Waals surface area contributed by atoms with Gasteiger partial charge in [-0.3, -0.25) is 14.2 Å². The van der Waals surface area contributed by atoms with Crippen molar-refractivity contribution in [2.45, 2.75) is 20.4 Å². The lowest BCUT2D eigenvalue weighted by Gasteiger charge is -2.13. The van der Waals surface area contributed by atoms with Crippen molar-refractivity contribution >= 4 is 23.2 Å². The molecule has 0 bridgehead atoms. The first-order valence-electron chi connectivity index (χ1n) is 8.24. The van der Waals surface area contributed by atoms with Crippen LogP contribution in [0.3, 0.4) is 0 Å². The second-order valence-electron chi connectivity index (χ2n) is 6.17. The summed E-state index contributed by atoms with van der Waals surface area (Å²) >= 11 is 6.04. The Hall–Kier alpha value is -2.99. The molecule has 0 saturated heterocycles. The van der Waals surface area contributed by atoms with Crippen LogP contribution in [0.2, 0.25) is 5.02 Å². The van der Waals surface area contributed by atoms with Gasteiger partial charge >= 0.3 is 0 Å². The number of benzene rings is 2. The molecule has 0 aliphatic heterocycles. The molecule has 0 radical (unpaired) electrons. The largest absolute Gasteiger partial charge is 0.324 e. The average molecular weight is 386 g/mol. The molecule has 3 rings (SSSR count). The Balaban J connectivity index is 1.93. The van der Waals surface area contributed by atoms with Crippen molar-refractivity contribution < 1.29 is 9.18 Å². The van der Waals surface area contributed by atoms with E-state index >= 15 is 0 Å². The van der Waals surface area contributed by atoms with E-state index in [-0.39, 0.29) is 12.1 Å². The van der Waals surface area contributed by atoms with Gasteiger partial charge in [0.25, 0.3) is 5.56 Å². The van der Waals surface area contributed by atoms with Crippen LogP contribution in [0.25, 0.3) is 11.4 Å². The van der Waals surface area contributed by atoms with Gasteiger partial charge in [-0.1, -0.05) is 29.8 Å². The molecule has 1 aromatic heterocycles. The van der Waals surface area contributed by atoms with Gasteiger partial charge in [0.1, 0.15) is 18.2 Å². The zero-order chi connectivity index (χ0) is 19.6. The van der Waals surface area contributed by atoms with Gasteiger partial charge in [-0.25, -0.2) is 9.37 Å². The maximum Gasteiger partial charge on any atom is 0.254 e. The number of halogens is 2. The van der Waals surface area contributed by atoms with Crippen molar-refractivity contribution in [2.75, 3.05) is 5.32 Å². The van der Waals surface area contributed by atoms with E-state index in [1.54, 1.807) is 50.2 Å². The van der Waals surface area contributed by atoms with Crippen molar-refractivity contribution in [2.24, 2.45) is 0 Å². The molecule has 2 aromatic carbocycles. The van der Waals surface area contributed by atoms with Crippen LogP contribution in [0.4, 0.5) is 10.1 Å². The number of nitrogens with zero attached hydrogens (tertiary/aromatic N) is 2.